The molecule has 2 aromatic carbocycles. The van der Waals surface area contributed by atoms with Crippen molar-refractivity contribution in [3.05, 3.63) is 70.4 Å². The molecule has 2 heterocycles. The van der Waals surface area contributed by atoms with Crippen LogP contribution >= 0.6 is 11.6 Å². The molecular weight excluding hydrogens is 445 g/mol. The van der Waals surface area contributed by atoms with E-state index < -0.39 is 24.2 Å². The van der Waals surface area contributed by atoms with Gasteiger partial charge in [0.1, 0.15) is 11.6 Å². The van der Waals surface area contributed by atoms with Crippen LogP contribution < -0.4 is 15.4 Å². The number of hydrogen-bond acceptors (Lipinski definition) is 4. The van der Waals surface area contributed by atoms with E-state index in [1.807, 2.05) is 0 Å². The monoisotopic (exact) mass is 464 g/mol. The van der Waals surface area contributed by atoms with Crippen molar-refractivity contribution in [1.29, 1.82) is 0 Å². The summed E-state index contributed by atoms with van der Waals surface area (Å²) in [4.78, 5) is 12.7. The SMILES string of the molecule is COc1ccc([C@H]2C[C@@H](C(F)(F)F)n3nc(C(=O)Nc4cccc(Cl)c4C)cc3N2)cc1. The van der Waals surface area contributed by atoms with Crippen molar-refractivity contribution < 1.29 is 22.7 Å². The Bertz CT molecular complexity index is 1150. The van der Waals surface area contributed by atoms with Crippen LogP contribution in [0, 0.1) is 6.92 Å². The number of halogens is 4. The van der Waals surface area contributed by atoms with Gasteiger partial charge < -0.3 is 15.4 Å². The van der Waals surface area contributed by atoms with Gasteiger partial charge in [-0.05, 0) is 42.3 Å². The van der Waals surface area contributed by atoms with Crippen LogP contribution in [0.15, 0.2) is 48.5 Å². The van der Waals surface area contributed by atoms with E-state index in [-0.39, 0.29) is 17.9 Å². The topological polar surface area (TPSA) is 68.2 Å². The fraction of sp³-hybridized carbons (Fsp3) is 0.273. The van der Waals surface area contributed by atoms with Gasteiger partial charge in [0.05, 0.1) is 13.2 Å². The van der Waals surface area contributed by atoms with E-state index >= 15 is 0 Å². The van der Waals surface area contributed by atoms with Gasteiger partial charge >= 0.3 is 6.18 Å². The molecule has 0 radical (unpaired) electrons. The number of rotatable bonds is 4. The molecule has 1 aromatic heterocycles. The number of carbonyl (C=O) groups is 1. The quantitative estimate of drug-likeness (QED) is 0.514. The van der Waals surface area contributed by atoms with E-state index in [2.05, 4.69) is 15.7 Å². The van der Waals surface area contributed by atoms with Crippen molar-refractivity contribution in [2.75, 3.05) is 17.7 Å². The minimum atomic E-state index is -4.54. The Labute approximate surface area is 187 Å². The van der Waals surface area contributed by atoms with Gasteiger partial charge in [-0.2, -0.15) is 18.3 Å². The highest BCUT2D eigenvalue weighted by atomic mass is 35.5. The highest BCUT2D eigenvalue weighted by Gasteiger charge is 2.46. The fourth-order valence-corrected chi connectivity index (χ4v) is 3.84. The smallest absolute Gasteiger partial charge is 0.410 e. The van der Waals surface area contributed by atoms with E-state index in [0.29, 0.717) is 27.6 Å². The Morgan fingerprint density at radius 3 is 2.62 bits per heavy atom. The van der Waals surface area contributed by atoms with Crippen LogP contribution in [0.3, 0.4) is 0 Å². The zero-order valence-electron chi connectivity index (χ0n) is 17.2. The molecule has 0 bridgehead atoms. The number of benzene rings is 2. The number of nitrogens with one attached hydrogen (secondary N) is 2. The average Bonchev–Trinajstić information content (AvgIpc) is 3.20. The summed E-state index contributed by atoms with van der Waals surface area (Å²) in [5, 5.41) is 10.2. The number of aromatic nitrogens is 2. The van der Waals surface area contributed by atoms with Crippen LogP contribution in [0.25, 0.3) is 0 Å². The molecule has 0 aliphatic carbocycles. The van der Waals surface area contributed by atoms with E-state index in [4.69, 9.17) is 16.3 Å². The van der Waals surface area contributed by atoms with E-state index in [1.165, 1.54) is 13.2 Å². The average molecular weight is 465 g/mol. The molecule has 4 rings (SSSR count). The molecule has 3 aromatic rings. The summed E-state index contributed by atoms with van der Waals surface area (Å²) >= 11 is 6.07. The van der Waals surface area contributed by atoms with Crippen LogP contribution in [0.4, 0.5) is 24.7 Å². The number of ether oxygens (including phenoxy) is 1. The summed E-state index contributed by atoms with van der Waals surface area (Å²) < 4.78 is 47.5. The molecule has 1 aliphatic rings. The van der Waals surface area contributed by atoms with Gasteiger partial charge in [-0.15, -0.1) is 0 Å². The molecule has 10 heteroatoms. The van der Waals surface area contributed by atoms with Gasteiger partial charge in [0.25, 0.3) is 5.91 Å². The first-order valence-electron chi connectivity index (χ1n) is 9.80. The van der Waals surface area contributed by atoms with Crippen molar-refractivity contribution in [2.24, 2.45) is 0 Å². The third-order valence-corrected chi connectivity index (χ3v) is 5.87. The molecule has 6 nitrogen and oxygen atoms in total. The first-order valence-corrected chi connectivity index (χ1v) is 10.2. The summed E-state index contributed by atoms with van der Waals surface area (Å²) in [5.74, 6) is 0.102. The molecule has 0 unspecified atom stereocenters. The summed E-state index contributed by atoms with van der Waals surface area (Å²) in [7, 11) is 1.52. The Morgan fingerprint density at radius 1 is 1.25 bits per heavy atom. The maximum atomic E-state index is 13.9. The van der Waals surface area contributed by atoms with Crippen LogP contribution in [0.5, 0.6) is 5.75 Å². The number of nitrogens with zero attached hydrogens (tertiary/aromatic N) is 2. The Hall–Kier alpha value is -3.20. The molecule has 2 N–H and O–H groups in total. The first kappa shape index (κ1) is 22.0. The molecule has 1 amide bonds. The van der Waals surface area contributed by atoms with Gasteiger partial charge in [0, 0.05) is 23.2 Å². The Morgan fingerprint density at radius 2 is 1.97 bits per heavy atom. The number of methoxy groups -OCH3 is 1. The molecule has 1 aliphatic heterocycles. The summed E-state index contributed by atoms with van der Waals surface area (Å²) in [6.45, 7) is 1.73. The van der Waals surface area contributed by atoms with Gasteiger partial charge in [0.2, 0.25) is 0 Å². The summed E-state index contributed by atoms with van der Waals surface area (Å²) in [6.07, 6.45) is -4.80. The second kappa shape index (κ2) is 8.38. The van der Waals surface area contributed by atoms with Crippen LogP contribution in [-0.4, -0.2) is 29.0 Å². The lowest BCUT2D eigenvalue weighted by atomic mass is 9.97. The Balaban J connectivity index is 1.64. The first-order chi connectivity index (χ1) is 15.2. The number of anilines is 2. The van der Waals surface area contributed by atoms with Gasteiger partial charge in [0.15, 0.2) is 11.7 Å². The summed E-state index contributed by atoms with van der Waals surface area (Å²) in [6, 6.07) is 10.7. The standard InChI is InChI=1S/C22H20ClF3N4O2/c1-12-15(23)4-3-5-16(12)28-21(31)18-11-20-27-17(13-6-8-14(32-2)9-7-13)10-19(22(24,25)26)30(20)29-18/h3-9,11,17,19,27H,10H2,1-2H3,(H,28,31)/t17-,19+/m1/s1. The van der Waals surface area contributed by atoms with Crippen molar-refractivity contribution in [3.63, 3.8) is 0 Å². The molecule has 0 spiro atoms. The van der Waals surface area contributed by atoms with Crippen molar-refractivity contribution in [1.82, 2.24) is 9.78 Å². The maximum Gasteiger partial charge on any atom is 0.410 e. The van der Waals surface area contributed by atoms with Crippen molar-refractivity contribution in [2.45, 2.75) is 31.6 Å². The van der Waals surface area contributed by atoms with Crippen LogP contribution in [0.2, 0.25) is 5.02 Å². The fourth-order valence-electron chi connectivity index (χ4n) is 3.67. The Kier molecular flexibility index (Phi) is 5.77. The predicted octanol–water partition coefficient (Wildman–Crippen LogP) is 5.77. The number of alkyl halides is 3. The molecule has 168 valence electrons. The van der Waals surface area contributed by atoms with E-state index in [1.54, 1.807) is 49.4 Å². The van der Waals surface area contributed by atoms with E-state index in [0.717, 1.165) is 4.68 Å². The van der Waals surface area contributed by atoms with Crippen molar-refractivity contribution >= 4 is 29.0 Å². The zero-order chi connectivity index (χ0) is 23.0. The number of amides is 1. The largest absolute Gasteiger partial charge is 0.497 e. The molecule has 0 saturated heterocycles. The van der Waals surface area contributed by atoms with Crippen LogP contribution in [-0.2, 0) is 0 Å². The van der Waals surface area contributed by atoms with Gasteiger partial charge in [-0.3, -0.25) is 4.79 Å². The lowest BCUT2D eigenvalue weighted by Gasteiger charge is -2.33. The highest BCUT2D eigenvalue weighted by Crippen LogP contribution is 2.43. The minimum absolute atomic E-state index is 0.118. The second-order valence-electron chi connectivity index (χ2n) is 7.49. The number of carbonyl (C=O) groups excluding carboxylic acids is 1. The highest BCUT2D eigenvalue weighted by molar-refractivity contribution is 6.31. The molecule has 0 fully saturated rings. The van der Waals surface area contributed by atoms with Crippen LogP contribution in [0.1, 0.15) is 40.1 Å². The molecule has 32 heavy (non-hydrogen) atoms. The van der Waals surface area contributed by atoms with E-state index in [9.17, 15) is 18.0 Å². The maximum absolute atomic E-state index is 13.9. The minimum Gasteiger partial charge on any atom is -0.497 e. The van der Waals surface area contributed by atoms with Crippen molar-refractivity contribution in [3.8, 4) is 5.75 Å². The van der Waals surface area contributed by atoms with Gasteiger partial charge in [-0.1, -0.05) is 29.8 Å². The third-order valence-electron chi connectivity index (χ3n) is 5.46. The molecular formula is C22H20ClF3N4O2. The predicted molar refractivity (Wildman–Crippen MR) is 115 cm³/mol. The van der Waals surface area contributed by atoms with Gasteiger partial charge in [-0.25, -0.2) is 4.68 Å². The molecule has 0 saturated carbocycles. The number of fused-ring (bicyclic) bond motifs is 1. The second-order valence-corrected chi connectivity index (χ2v) is 7.90. The normalized spacial score (nSPS) is 17.9. The summed E-state index contributed by atoms with van der Waals surface area (Å²) in [5.41, 5.74) is 1.66. The lowest BCUT2D eigenvalue weighted by molar-refractivity contribution is -0.173. The lowest BCUT2D eigenvalue weighted by Crippen LogP contribution is -2.35. The third kappa shape index (κ3) is 4.25. The number of hydrogen-bond donors (Lipinski definition) is 2. The zero-order valence-corrected chi connectivity index (χ0v) is 18.0. The molecule has 2 atom stereocenters.